The number of amides is 2. The number of carbonyl (C=O) groups excluding carboxylic acids is 2. The van der Waals surface area contributed by atoms with Crippen LogP contribution in [0.5, 0.6) is 0 Å². The second kappa shape index (κ2) is 8.45. The number of nitrogens with zero attached hydrogens (tertiary/aromatic N) is 3. The van der Waals surface area contributed by atoms with Crippen LogP contribution in [0.25, 0.3) is 0 Å². The van der Waals surface area contributed by atoms with Gasteiger partial charge >= 0.3 is 0 Å². The Kier molecular flexibility index (Phi) is 6.04. The van der Waals surface area contributed by atoms with Crippen molar-refractivity contribution in [3.63, 3.8) is 0 Å². The van der Waals surface area contributed by atoms with E-state index >= 15 is 0 Å². The maximum absolute atomic E-state index is 13.0. The molecular weight excluding hydrogens is 346 g/mol. The second-order valence-electron chi connectivity index (χ2n) is 6.75. The van der Waals surface area contributed by atoms with E-state index in [1.165, 1.54) is 4.88 Å². The highest BCUT2D eigenvalue weighted by molar-refractivity contribution is 7.09. The third-order valence-electron chi connectivity index (χ3n) is 4.96. The molecule has 0 bridgehead atoms. The van der Waals surface area contributed by atoms with Crippen LogP contribution in [0.15, 0.2) is 35.8 Å². The number of likely N-dealkylation sites (N-methyl/N-ethyl adjacent to an activating group) is 1. The zero-order valence-corrected chi connectivity index (χ0v) is 16.2. The number of likely N-dealkylation sites (tertiary alicyclic amines) is 1. The Morgan fingerprint density at radius 3 is 2.73 bits per heavy atom. The van der Waals surface area contributed by atoms with Crippen LogP contribution >= 0.6 is 11.3 Å². The number of aryl methyl sites for hydroxylation is 1. The van der Waals surface area contributed by atoms with Crippen LogP contribution in [0.3, 0.4) is 0 Å². The quantitative estimate of drug-likeness (QED) is 0.811. The number of benzene rings is 1. The molecule has 26 heavy (non-hydrogen) atoms. The van der Waals surface area contributed by atoms with E-state index in [0.717, 1.165) is 31.4 Å². The Balaban J connectivity index is 1.67. The van der Waals surface area contributed by atoms with Crippen LogP contribution in [0.4, 0.5) is 0 Å². The fraction of sp³-hybridized carbons (Fsp3) is 0.450. The van der Waals surface area contributed by atoms with E-state index < -0.39 is 0 Å². The third kappa shape index (κ3) is 4.12. The third-order valence-corrected chi connectivity index (χ3v) is 5.96. The molecule has 0 aliphatic carbocycles. The van der Waals surface area contributed by atoms with Gasteiger partial charge in [0.05, 0.1) is 11.2 Å². The van der Waals surface area contributed by atoms with Crippen LogP contribution in [-0.4, -0.2) is 52.8 Å². The van der Waals surface area contributed by atoms with Crippen LogP contribution < -0.4 is 0 Å². The van der Waals surface area contributed by atoms with Crippen molar-refractivity contribution >= 4 is 23.2 Å². The van der Waals surface area contributed by atoms with Gasteiger partial charge in [0.2, 0.25) is 5.91 Å². The van der Waals surface area contributed by atoms with E-state index in [9.17, 15) is 9.59 Å². The second-order valence-corrected chi connectivity index (χ2v) is 7.69. The van der Waals surface area contributed by atoms with E-state index in [2.05, 4.69) is 4.98 Å². The number of thiazole rings is 1. The standard InChI is InChI=1S/C20H25N3O2S/c1-15-18(26-14-21-15)11-13-22(2)20(25)17-10-6-7-12-23(17)19(24)16-8-4-3-5-9-16/h3-5,8-9,14,17H,6-7,10-13H2,1-2H3. The van der Waals surface area contributed by atoms with E-state index in [-0.39, 0.29) is 17.9 Å². The summed E-state index contributed by atoms with van der Waals surface area (Å²) in [5.41, 5.74) is 3.53. The van der Waals surface area contributed by atoms with Gasteiger partial charge in [0, 0.05) is 37.0 Å². The molecule has 1 atom stereocenters. The van der Waals surface area contributed by atoms with Crippen molar-refractivity contribution in [2.45, 2.75) is 38.6 Å². The number of rotatable bonds is 5. The number of hydrogen-bond donors (Lipinski definition) is 0. The highest BCUT2D eigenvalue weighted by atomic mass is 32.1. The summed E-state index contributed by atoms with van der Waals surface area (Å²) in [5.74, 6) is -0.00787. The summed E-state index contributed by atoms with van der Waals surface area (Å²) < 4.78 is 0. The molecule has 0 radical (unpaired) electrons. The largest absolute Gasteiger partial charge is 0.344 e. The van der Waals surface area contributed by atoms with Crippen LogP contribution in [0, 0.1) is 6.92 Å². The van der Waals surface area contributed by atoms with Gasteiger partial charge in [-0.25, -0.2) is 4.98 Å². The summed E-state index contributed by atoms with van der Waals surface area (Å²) in [6.07, 6.45) is 3.47. The predicted molar refractivity (Wildman–Crippen MR) is 103 cm³/mol. The van der Waals surface area contributed by atoms with E-state index in [4.69, 9.17) is 0 Å². The molecule has 1 fully saturated rings. The van der Waals surface area contributed by atoms with Crippen molar-refractivity contribution in [2.75, 3.05) is 20.1 Å². The minimum Gasteiger partial charge on any atom is -0.344 e. The summed E-state index contributed by atoms with van der Waals surface area (Å²) in [6.45, 7) is 3.28. The Morgan fingerprint density at radius 2 is 2.04 bits per heavy atom. The summed E-state index contributed by atoms with van der Waals surface area (Å²) in [7, 11) is 1.83. The van der Waals surface area contributed by atoms with Gasteiger partial charge in [-0.15, -0.1) is 11.3 Å². The van der Waals surface area contributed by atoms with Crippen molar-refractivity contribution in [1.82, 2.24) is 14.8 Å². The van der Waals surface area contributed by atoms with Gasteiger partial charge in [-0.2, -0.15) is 0 Å². The van der Waals surface area contributed by atoms with Crippen LogP contribution in [0.1, 0.15) is 40.2 Å². The topological polar surface area (TPSA) is 53.5 Å². The Labute approximate surface area is 158 Å². The summed E-state index contributed by atoms with van der Waals surface area (Å²) in [6, 6.07) is 8.88. The van der Waals surface area contributed by atoms with Crippen molar-refractivity contribution < 1.29 is 9.59 Å². The van der Waals surface area contributed by atoms with Crippen LogP contribution in [-0.2, 0) is 11.2 Å². The fourth-order valence-electron chi connectivity index (χ4n) is 3.38. The number of carbonyl (C=O) groups is 2. The van der Waals surface area contributed by atoms with Gasteiger partial charge in [0.25, 0.3) is 5.91 Å². The maximum Gasteiger partial charge on any atom is 0.254 e. The molecular formula is C20H25N3O2S. The Hall–Kier alpha value is -2.21. The lowest BCUT2D eigenvalue weighted by Crippen LogP contribution is -2.52. The molecule has 1 unspecified atom stereocenters. The fourth-order valence-corrected chi connectivity index (χ4v) is 4.15. The highest BCUT2D eigenvalue weighted by Crippen LogP contribution is 2.22. The average Bonchev–Trinajstić information content (AvgIpc) is 3.10. The van der Waals surface area contributed by atoms with Crippen molar-refractivity contribution in [1.29, 1.82) is 0 Å². The normalized spacial score (nSPS) is 17.2. The average molecular weight is 372 g/mol. The molecule has 2 aromatic rings. The molecule has 1 saturated heterocycles. The van der Waals surface area contributed by atoms with Gasteiger partial charge in [-0.05, 0) is 38.3 Å². The smallest absolute Gasteiger partial charge is 0.254 e. The molecule has 6 heteroatoms. The molecule has 2 heterocycles. The summed E-state index contributed by atoms with van der Waals surface area (Å²) >= 11 is 1.63. The zero-order valence-electron chi connectivity index (χ0n) is 15.4. The minimum absolute atomic E-state index is 0.0381. The molecule has 1 aromatic heterocycles. The Bertz CT molecular complexity index is 759. The maximum atomic E-state index is 13.0. The lowest BCUT2D eigenvalue weighted by Gasteiger charge is -2.37. The first-order valence-corrected chi connectivity index (χ1v) is 9.96. The summed E-state index contributed by atoms with van der Waals surface area (Å²) in [4.78, 5) is 34.9. The van der Waals surface area contributed by atoms with Crippen molar-refractivity contribution in [2.24, 2.45) is 0 Å². The lowest BCUT2D eigenvalue weighted by molar-refractivity contribution is -0.135. The zero-order chi connectivity index (χ0) is 18.5. The van der Waals surface area contributed by atoms with Gasteiger partial charge in [-0.3, -0.25) is 9.59 Å². The molecule has 1 aromatic carbocycles. The van der Waals surface area contributed by atoms with Gasteiger partial charge < -0.3 is 9.80 Å². The first-order chi connectivity index (χ1) is 12.6. The molecule has 3 rings (SSSR count). The molecule has 0 spiro atoms. The van der Waals surface area contributed by atoms with E-state index in [0.29, 0.717) is 18.7 Å². The number of aromatic nitrogens is 1. The Morgan fingerprint density at radius 1 is 1.27 bits per heavy atom. The molecule has 138 valence electrons. The molecule has 2 amide bonds. The van der Waals surface area contributed by atoms with Crippen molar-refractivity contribution in [3.05, 3.63) is 52.0 Å². The lowest BCUT2D eigenvalue weighted by atomic mass is 9.99. The minimum atomic E-state index is -0.357. The van der Waals surface area contributed by atoms with Gasteiger partial charge in [-0.1, -0.05) is 18.2 Å². The summed E-state index contributed by atoms with van der Waals surface area (Å²) in [5, 5.41) is 0. The first-order valence-electron chi connectivity index (χ1n) is 9.08. The molecule has 0 N–H and O–H groups in total. The van der Waals surface area contributed by atoms with E-state index in [1.54, 1.807) is 21.1 Å². The van der Waals surface area contributed by atoms with Gasteiger partial charge in [0.1, 0.15) is 6.04 Å². The number of hydrogen-bond acceptors (Lipinski definition) is 4. The van der Waals surface area contributed by atoms with Crippen molar-refractivity contribution in [3.8, 4) is 0 Å². The predicted octanol–water partition coefficient (Wildman–Crippen LogP) is 3.15. The molecule has 5 nitrogen and oxygen atoms in total. The SMILES string of the molecule is Cc1ncsc1CCN(C)C(=O)C1CCCCN1C(=O)c1ccccc1. The molecule has 0 saturated carbocycles. The first kappa shape index (κ1) is 18.6. The van der Waals surface area contributed by atoms with Crippen LogP contribution in [0.2, 0.25) is 0 Å². The highest BCUT2D eigenvalue weighted by Gasteiger charge is 2.34. The number of piperidine rings is 1. The molecule has 1 aliphatic heterocycles. The molecule has 1 aliphatic rings. The van der Waals surface area contributed by atoms with Gasteiger partial charge in [0.15, 0.2) is 0 Å². The van der Waals surface area contributed by atoms with E-state index in [1.807, 2.05) is 49.8 Å². The monoisotopic (exact) mass is 371 g/mol.